The molecule has 0 radical (unpaired) electrons. The summed E-state index contributed by atoms with van der Waals surface area (Å²) in [5.74, 6) is 0.145. The number of amides is 1. The van der Waals surface area contributed by atoms with Crippen molar-refractivity contribution in [1.29, 1.82) is 0 Å². The van der Waals surface area contributed by atoms with Crippen molar-refractivity contribution >= 4 is 18.0 Å². The molecule has 1 aromatic carbocycles. The van der Waals surface area contributed by atoms with Crippen LogP contribution in [0.15, 0.2) is 24.3 Å². The average Bonchev–Trinajstić information content (AvgIpc) is 2.60. The smallest absolute Gasteiger partial charge is 0.306 e. The van der Waals surface area contributed by atoms with E-state index in [9.17, 15) is 9.59 Å². The Hall–Kier alpha value is -2.54. The number of carbonyl (C=O) groups is 2. The number of morpholine rings is 1. The van der Waals surface area contributed by atoms with Crippen molar-refractivity contribution in [3.8, 4) is 11.5 Å². The highest BCUT2D eigenvalue weighted by Crippen LogP contribution is 2.28. The molecule has 0 bridgehead atoms. The first-order valence-electron chi connectivity index (χ1n) is 8.14. The second-order valence-electron chi connectivity index (χ2n) is 5.55. The van der Waals surface area contributed by atoms with Crippen LogP contribution in [0.3, 0.4) is 0 Å². The van der Waals surface area contributed by atoms with E-state index >= 15 is 0 Å². The number of aliphatic carboxylic acids is 1. The number of benzene rings is 1. The van der Waals surface area contributed by atoms with Crippen LogP contribution in [0.25, 0.3) is 6.08 Å². The van der Waals surface area contributed by atoms with Crippen molar-refractivity contribution in [2.75, 3.05) is 33.4 Å². The number of methoxy groups -OCH3 is 1. The number of carboxylic acids is 1. The summed E-state index contributed by atoms with van der Waals surface area (Å²) in [6.07, 6.45) is 2.60. The third-order valence-corrected chi connectivity index (χ3v) is 3.76. The van der Waals surface area contributed by atoms with E-state index in [0.29, 0.717) is 31.3 Å². The predicted molar refractivity (Wildman–Crippen MR) is 91.8 cm³/mol. The molecule has 136 valence electrons. The van der Waals surface area contributed by atoms with Crippen LogP contribution >= 0.6 is 0 Å². The summed E-state index contributed by atoms with van der Waals surface area (Å²) >= 11 is 0. The SMILES string of the molecule is CCOc1cc(/C=C/C(=O)N2CCOC(CC(=O)O)C2)ccc1OC. The highest BCUT2D eigenvalue weighted by Gasteiger charge is 2.24. The molecule has 1 N–H and O–H groups in total. The van der Waals surface area contributed by atoms with E-state index in [1.807, 2.05) is 13.0 Å². The number of hydrogen-bond acceptors (Lipinski definition) is 5. The third-order valence-electron chi connectivity index (χ3n) is 3.76. The van der Waals surface area contributed by atoms with E-state index in [1.165, 1.54) is 6.08 Å². The maximum absolute atomic E-state index is 12.3. The van der Waals surface area contributed by atoms with Gasteiger partial charge in [0.15, 0.2) is 11.5 Å². The van der Waals surface area contributed by atoms with Gasteiger partial charge in [-0.05, 0) is 30.7 Å². The molecule has 0 aromatic heterocycles. The molecule has 1 atom stereocenters. The molecular formula is C18H23NO6. The third kappa shape index (κ3) is 5.49. The normalized spacial score (nSPS) is 17.5. The fourth-order valence-corrected chi connectivity index (χ4v) is 2.58. The Labute approximate surface area is 146 Å². The minimum absolute atomic E-state index is 0.107. The maximum Gasteiger partial charge on any atom is 0.306 e. The minimum Gasteiger partial charge on any atom is -0.493 e. The van der Waals surface area contributed by atoms with Crippen LogP contribution in [0.2, 0.25) is 0 Å². The van der Waals surface area contributed by atoms with Gasteiger partial charge < -0.3 is 24.2 Å². The Morgan fingerprint density at radius 3 is 2.88 bits per heavy atom. The Kier molecular flexibility index (Phi) is 6.82. The van der Waals surface area contributed by atoms with Gasteiger partial charge in [0.2, 0.25) is 5.91 Å². The van der Waals surface area contributed by atoms with E-state index in [-0.39, 0.29) is 18.9 Å². The first-order valence-corrected chi connectivity index (χ1v) is 8.14. The van der Waals surface area contributed by atoms with Gasteiger partial charge in [0.1, 0.15) is 0 Å². The lowest BCUT2D eigenvalue weighted by molar-refractivity contribution is -0.145. The van der Waals surface area contributed by atoms with Gasteiger partial charge in [-0.25, -0.2) is 0 Å². The van der Waals surface area contributed by atoms with E-state index in [1.54, 1.807) is 30.2 Å². The molecule has 7 heteroatoms. The molecule has 1 saturated heterocycles. The summed E-state index contributed by atoms with van der Waals surface area (Å²) in [5.41, 5.74) is 0.813. The lowest BCUT2D eigenvalue weighted by atomic mass is 10.1. The van der Waals surface area contributed by atoms with Gasteiger partial charge in [-0.2, -0.15) is 0 Å². The quantitative estimate of drug-likeness (QED) is 0.756. The molecule has 1 aliphatic heterocycles. The Balaban J connectivity index is 2.01. The number of hydrogen-bond donors (Lipinski definition) is 1. The largest absolute Gasteiger partial charge is 0.493 e. The molecule has 0 aliphatic carbocycles. The summed E-state index contributed by atoms with van der Waals surface area (Å²) in [7, 11) is 1.57. The molecule has 1 heterocycles. The molecule has 2 rings (SSSR count). The van der Waals surface area contributed by atoms with E-state index in [2.05, 4.69) is 0 Å². The second kappa shape index (κ2) is 9.08. The molecule has 1 fully saturated rings. The predicted octanol–water partition coefficient (Wildman–Crippen LogP) is 1.81. The summed E-state index contributed by atoms with van der Waals surface area (Å²) in [6, 6.07) is 5.42. The number of ether oxygens (including phenoxy) is 3. The first kappa shape index (κ1) is 18.8. The van der Waals surface area contributed by atoms with Crippen LogP contribution in [-0.4, -0.2) is 61.4 Å². The van der Waals surface area contributed by atoms with Crippen LogP contribution in [0.4, 0.5) is 0 Å². The molecular weight excluding hydrogens is 326 g/mol. The topological polar surface area (TPSA) is 85.3 Å². The summed E-state index contributed by atoms with van der Waals surface area (Å²) in [5, 5.41) is 8.84. The van der Waals surface area contributed by atoms with Crippen molar-refractivity contribution in [3.63, 3.8) is 0 Å². The van der Waals surface area contributed by atoms with Gasteiger partial charge >= 0.3 is 5.97 Å². The second-order valence-corrected chi connectivity index (χ2v) is 5.55. The Morgan fingerprint density at radius 1 is 1.40 bits per heavy atom. The molecule has 1 amide bonds. The zero-order valence-electron chi connectivity index (χ0n) is 14.4. The van der Waals surface area contributed by atoms with Crippen LogP contribution in [0, 0.1) is 0 Å². The van der Waals surface area contributed by atoms with E-state index < -0.39 is 12.1 Å². The number of rotatable bonds is 7. The highest BCUT2D eigenvalue weighted by molar-refractivity contribution is 5.92. The van der Waals surface area contributed by atoms with Gasteiger partial charge in [-0.3, -0.25) is 9.59 Å². The number of carbonyl (C=O) groups excluding carboxylic acids is 1. The molecule has 1 aromatic rings. The van der Waals surface area contributed by atoms with Crippen LogP contribution < -0.4 is 9.47 Å². The van der Waals surface area contributed by atoms with Crippen molar-refractivity contribution in [2.45, 2.75) is 19.4 Å². The van der Waals surface area contributed by atoms with Crippen molar-refractivity contribution in [3.05, 3.63) is 29.8 Å². The molecule has 0 spiro atoms. The first-order chi connectivity index (χ1) is 12.0. The van der Waals surface area contributed by atoms with Crippen LogP contribution in [-0.2, 0) is 14.3 Å². The Morgan fingerprint density at radius 2 is 2.20 bits per heavy atom. The standard InChI is InChI=1S/C18H23NO6/c1-3-24-16-10-13(4-6-15(16)23-2)5-7-17(20)19-8-9-25-14(12-19)11-18(21)22/h4-7,10,14H,3,8-9,11-12H2,1-2H3,(H,21,22)/b7-5+. The zero-order chi connectivity index (χ0) is 18.2. The monoisotopic (exact) mass is 349 g/mol. The fourth-order valence-electron chi connectivity index (χ4n) is 2.58. The fraction of sp³-hybridized carbons (Fsp3) is 0.444. The van der Waals surface area contributed by atoms with E-state index in [4.69, 9.17) is 19.3 Å². The van der Waals surface area contributed by atoms with Crippen LogP contribution in [0.1, 0.15) is 18.9 Å². The average molecular weight is 349 g/mol. The number of carboxylic acid groups (broad SMARTS) is 1. The van der Waals surface area contributed by atoms with Crippen molar-refractivity contribution in [2.24, 2.45) is 0 Å². The highest BCUT2D eigenvalue weighted by atomic mass is 16.5. The van der Waals surface area contributed by atoms with Crippen molar-refractivity contribution in [1.82, 2.24) is 4.90 Å². The van der Waals surface area contributed by atoms with Gasteiger partial charge in [0, 0.05) is 19.2 Å². The molecule has 1 unspecified atom stereocenters. The molecule has 7 nitrogen and oxygen atoms in total. The lowest BCUT2D eigenvalue weighted by Gasteiger charge is -2.31. The van der Waals surface area contributed by atoms with Gasteiger partial charge in [0.05, 0.1) is 32.8 Å². The van der Waals surface area contributed by atoms with E-state index in [0.717, 1.165) is 5.56 Å². The summed E-state index contributed by atoms with van der Waals surface area (Å²) in [4.78, 5) is 24.7. The van der Waals surface area contributed by atoms with Gasteiger partial charge in [-0.1, -0.05) is 6.07 Å². The number of nitrogens with zero attached hydrogens (tertiary/aromatic N) is 1. The minimum atomic E-state index is -0.934. The maximum atomic E-state index is 12.3. The molecule has 25 heavy (non-hydrogen) atoms. The Bertz CT molecular complexity index is 642. The van der Waals surface area contributed by atoms with Crippen molar-refractivity contribution < 1.29 is 28.9 Å². The molecule has 1 aliphatic rings. The summed E-state index contributed by atoms with van der Waals surface area (Å²) in [6.45, 7) is 3.47. The molecule has 0 saturated carbocycles. The van der Waals surface area contributed by atoms with Crippen LogP contribution in [0.5, 0.6) is 11.5 Å². The van der Waals surface area contributed by atoms with Gasteiger partial charge in [0.25, 0.3) is 0 Å². The van der Waals surface area contributed by atoms with Gasteiger partial charge in [-0.15, -0.1) is 0 Å². The zero-order valence-corrected chi connectivity index (χ0v) is 14.4. The lowest BCUT2D eigenvalue weighted by Crippen LogP contribution is -2.45. The summed E-state index contributed by atoms with van der Waals surface area (Å²) < 4.78 is 16.1.